The Labute approximate surface area is 283 Å². The SMILES string of the molecule is COc1cc(C2Oc3cc([C@@H]4Oc5cc(O)cc(O)c5C(=O)C4O)ccc3O[C@H]2COC(=O)[C@H](C)c2ccc(CC(C)C)cc2)ccc1O. The van der Waals surface area contributed by atoms with Crippen LogP contribution in [-0.2, 0) is 16.0 Å². The molecule has 2 heterocycles. The van der Waals surface area contributed by atoms with Crippen molar-refractivity contribution in [3.8, 4) is 40.2 Å². The van der Waals surface area contributed by atoms with Crippen molar-refractivity contribution in [3.63, 3.8) is 0 Å². The van der Waals surface area contributed by atoms with E-state index in [-0.39, 0.29) is 40.9 Å². The smallest absolute Gasteiger partial charge is 0.313 e. The second kappa shape index (κ2) is 13.6. The summed E-state index contributed by atoms with van der Waals surface area (Å²) in [5.74, 6) is -1.43. The van der Waals surface area contributed by atoms with Crippen LogP contribution in [0.5, 0.6) is 40.2 Å². The molecule has 256 valence electrons. The highest BCUT2D eigenvalue weighted by Crippen LogP contribution is 2.46. The molecule has 4 aromatic carbocycles. The first-order valence-electron chi connectivity index (χ1n) is 16.0. The van der Waals surface area contributed by atoms with Crippen molar-refractivity contribution in [2.45, 2.75) is 57.5 Å². The number of phenolic OH excluding ortho intramolecular Hbond substituents is 3. The highest BCUT2D eigenvalue weighted by atomic mass is 16.6. The Bertz CT molecular complexity index is 1870. The molecule has 49 heavy (non-hydrogen) atoms. The highest BCUT2D eigenvalue weighted by Gasteiger charge is 2.41. The summed E-state index contributed by atoms with van der Waals surface area (Å²) in [4.78, 5) is 26.2. The van der Waals surface area contributed by atoms with Gasteiger partial charge in [-0.2, -0.15) is 0 Å². The number of phenols is 3. The number of aliphatic hydroxyl groups is 1. The van der Waals surface area contributed by atoms with Crippen molar-refractivity contribution >= 4 is 11.8 Å². The zero-order valence-corrected chi connectivity index (χ0v) is 27.5. The van der Waals surface area contributed by atoms with E-state index in [0.29, 0.717) is 22.8 Å². The van der Waals surface area contributed by atoms with E-state index in [4.69, 9.17) is 23.7 Å². The molecule has 0 fully saturated rings. The lowest BCUT2D eigenvalue weighted by Crippen LogP contribution is -2.38. The molecule has 0 amide bonds. The van der Waals surface area contributed by atoms with Crippen molar-refractivity contribution in [2.24, 2.45) is 5.92 Å². The topological polar surface area (TPSA) is 161 Å². The molecule has 4 N–H and O–H groups in total. The number of esters is 1. The van der Waals surface area contributed by atoms with E-state index in [1.165, 1.54) is 24.8 Å². The van der Waals surface area contributed by atoms with Crippen LogP contribution in [0.2, 0.25) is 0 Å². The number of ether oxygens (including phenoxy) is 5. The summed E-state index contributed by atoms with van der Waals surface area (Å²) in [6, 6.07) is 19.5. The molecule has 2 unspecified atom stereocenters. The van der Waals surface area contributed by atoms with E-state index in [9.17, 15) is 30.0 Å². The summed E-state index contributed by atoms with van der Waals surface area (Å²) in [5, 5.41) is 41.3. The van der Waals surface area contributed by atoms with Crippen molar-refractivity contribution in [2.75, 3.05) is 13.7 Å². The van der Waals surface area contributed by atoms with Crippen molar-refractivity contribution in [3.05, 3.63) is 101 Å². The number of carbonyl (C=O) groups is 2. The predicted octanol–water partition coefficient (Wildman–Crippen LogP) is 5.92. The summed E-state index contributed by atoms with van der Waals surface area (Å²) in [7, 11) is 1.42. The van der Waals surface area contributed by atoms with Crippen molar-refractivity contribution in [1.82, 2.24) is 0 Å². The number of hydrogen-bond acceptors (Lipinski definition) is 11. The van der Waals surface area contributed by atoms with Crippen LogP contribution in [0.3, 0.4) is 0 Å². The number of ketones is 1. The Morgan fingerprint density at radius 1 is 0.796 bits per heavy atom. The first-order valence-corrected chi connectivity index (χ1v) is 16.0. The maximum Gasteiger partial charge on any atom is 0.313 e. The van der Waals surface area contributed by atoms with Gasteiger partial charge in [-0.1, -0.05) is 50.2 Å². The van der Waals surface area contributed by atoms with Gasteiger partial charge < -0.3 is 44.1 Å². The van der Waals surface area contributed by atoms with Gasteiger partial charge in [0.15, 0.2) is 47.4 Å². The molecule has 0 saturated carbocycles. The number of methoxy groups -OCH3 is 1. The van der Waals surface area contributed by atoms with Crippen LogP contribution in [0.1, 0.15) is 71.5 Å². The molecule has 4 aromatic rings. The van der Waals surface area contributed by atoms with Crippen LogP contribution >= 0.6 is 0 Å². The Kier molecular flexibility index (Phi) is 9.29. The Morgan fingerprint density at radius 2 is 1.49 bits per heavy atom. The van der Waals surface area contributed by atoms with E-state index in [1.54, 1.807) is 37.3 Å². The second-order valence-electron chi connectivity index (χ2n) is 12.7. The van der Waals surface area contributed by atoms with Crippen LogP contribution in [0, 0.1) is 5.92 Å². The third-order valence-corrected chi connectivity index (χ3v) is 8.69. The molecule has 0 bridgehead atoms. The fraction of sp³-hybridized carbons (Fsp3) is 0.316. The molecular formula is C38H38O11. The minimum Gasteiger partial charge on any atom is -0.508 e. The zero-order chi connectivity index (χ0) is 35.0. The van der Waals surface area contributed by atoms with E-state index in [1.807, 2.05) is 24.3 Å². The Hall–Kier alpha value is -5.42. The Balaban J connectivity index is 1.25. The minimum absolute atomic E-state index is 0.0765. The molecule has 6 rings (SSSR count). The van der Waals surface area contributed by atoms with Gasteiger partial charge in [0, 0.05) is 17.7 Å². The lowest BCUT2D eigenvalue weighted by Gasteiger charge is -2.35. The van der Waals surface area contributed by atoms with Gasteiger partial charge in [0.05, 0.1) is 13.0 Å². The first kappa shape index (κ1) is 33.5. The van der Waals surface area contributed by atoms with Gasteiger partial charge in [0.1, 0.15) is 29.4 Å². The maximum atomic E-state index is 13.2. The van der Waals surface area contributed by atoms with Crippen LogP contribution in [-0.4, -0.2) is 58.1 Å². The average Bonchev–Trinajstić information content (AvgIpc) is 3.07. The third-order valence-electron chi connectivity index (χ3n) is 8.69. The van der Waals surface area contributed by atoms with Gasteiger partial charge in [0.2, 0.25) is 5.78 Å². The van der Waals surface area contributed by atoms with Gasteiger partial charge in [-0.05, 0) is 60.2 Å². The molecule has 0 radical (unpaired) electrons. The molecular weight excluding hydrogens is 632 g/mol. The summed E-state index contributed by atoms with van der Waals surface area (Å²) in [5.41, 5.74) is 2.71. The number of carbonyl (C=O) groups excluding carboxylic acids is 2. The number of hydrogen-bond donors (Lipinski definition) is 4. The fourth-order valence-electron chi connectivity index (χ4n) is 6.11. The quantitative estimate of drug-likeness (QED) is 0.157. The first-order chi connectivity index (χ1) is 23.4. The molecule has 0 spiro atoms. The van der Waals surface area contributed by atoms with Gasteiger partial charge >= 0.3 is 5.97 Å². The van der Waals surface area contributed by atoms with Crippen LogP contribution in [0.4, 0.5) is 0 Å². The van der Waals surface area contributed by atoms with Crippen molar-refractivity contribution < 1.29 is 53.7 Å². The fourth-order valence-corrected chi connectivity index (χ4v) is 6.11. The summed E-state index contributed by atoms with van der Waals surface area (Å²) < 4.78 is 29.7. The standard InChI is InChI=1S/C38H38O11/c1-19(2)13-21-5-7-22(8-6-21)20(3)38(44)46-18-32-36(23-9-11-26(40)29(14-23)45-4)48-30-15-24(10-12-28(30)47-32)37-35(43)34(42)33-27(41)16-25(39)17-31(33)49-37/h5-12,14-17,19-20,32,35-37,39-41,43H,13,18H2,1-4H3/t20-,32+,35?,36?,37+/m1/s1. The minimum atomic E-state index is -1.66. The number of aliphatic hydroxyl groups excluding tert-OH is 1. The molecule has 0 aliphatic carbocycles. The number of rotatable bonds is 9. The lowest BCUT2D eigenvalue weighted by molar-refractivity contribution is -0.150. The average molecular weight is 671 g/mol. The molecule has 11 heteroatoms. The van der Waals surface area contributed by atoms with Crippen LogP contribution in [0.15, 0.2) is 72.8 Å². The van der Waals surface area contributed by atoms with Crippen molar-refractivity contribution in [1.29, 1.82) is 0 Å². The van der Waals surface area contributed by atoms with Gasteiger partial charge in [-0.3, -0.25) is 9.59 Å². The molecule has 2 aliphatic rings. The van der Waals surface area contributed by atoms with Crippen LogP contribution in [0.25, 0.3) is 0 Å². The lowest BCUT2D eigenvalue weighted by atomic mass is 9.92. The largest absolute Gasteiger partial charge is 0.508 e. The van der Waals surface area contributed by atoms with E-state index >= 15 is 0 Å². The zero-order valence-electron chi connectivity index (χ0n) is 27.5. The summed E-state index contributed by atoms with van der Waals surface area (Å²) in [6.07, 6.45) is -3.57. The molecule has 0 saturated heterocycles. The number of fused-ring (bicyclic) bond motifs is 2. The number of benzene rings is 4. The maximum absolute atomic E-state index is 13.2. The van der Waals surface area contributed by atoms with E-state index < -0.39 is 47.8 Å². The van der Waals surface area contributed by atoms with E-state index in [2.05, 4.69) is 13.8 Å². The molecule has 2 aliphatic heterocycles. The summed E-state index contributed by atoms with van der Waals surface area (Å²) in [6.45, 7) is 5.93. The number of Topliss-reactive ketones (excluding diaryl/α,β-unsaturated/α-hetero) is 1. The Morgan fingerprint density at radius 3 is 2.20 bits per heavy atom. The monoisotopic (exact) mass is 670 g/mol. The van der Waals surface area contributed by atoms with Gasteiger partial charge in [0.25, 0.3) is 0 Å². The highest BCUT2D eigenvalue weighted by molar-refractivity contribution is 6.05. The van der Waals surface area contributed by atoms with Gasteiger partial charge in [-0.15, -0.1) is 0 Å². The van der Waals surface area contributed by atoms with Crippen LogP contribution < -0.4 is 18.9 Å². The predicted molar refractivity (Wildman–Crippen MR) is 177 cm³/mol. The molecule has 11 nitrogen and oxygen atoms in total. The normalized spacial score (nSPS) is 20.2. The summed E-state index contributed by atoms with van der Waals surface area (Å²) >= 11 is 0. The number of aromatic hydroxyl groups is 3. The molecule has 0 aromatic heterocycles. The van der Waals surface area contributed by atoms with Gasteiger partial charge in [-0.25, -0.2) is 0 Å². The molecule has 5 atom stereocenters. The third kappa shape index (κ3) is 6.80. The second-order valence-corrected chi connectivity index (χ2v) is 12.7. The van der Waals surface area contributed by atoms with E-state index in [0.717, 1.165) is 18.1 Å².